The molecule has 2 heterocycles. The van der Waals surface area contributed by atoms with Crippen LogP contribution in [-0.2, 0) is 14.8 Å². The van der Waals surface area contributed by atoms with Gasteiger partial charge in [0.2, 0.25) is 10.0 Å². The van der Waals surface area contributed by atoms with Crippen molar-refractivity contribution in [1.82, 2.24) is 19.8 Å². The summed E-state index contributed by atoms with van der Waals surface area (Å²) >= 11 is 3.35. The summed E-state index contributed by atoms with van der Waals surface area (Å²) in [6, 6.07) is 0. The van der Waals surface area contributed by atoms with Crippen molar-refractivity contribution in [2.45, 2.75) is 19.8 Å². The van der Waals surface area contributed by atoms with Gasteiger partial charge in [0, 0.05) is 19.6 Å². The maximum absolute atomic E-state index is 12.2. The monoisotopic (exact) mass is 408 g/mol. The second-order valence-corrected chi connectivity index (χ2v) is 8.42. The summed E-state index contributed by atoms with van der Waals surface area (Å²) < 4.78 is 31.4. The van der Waals surface area contributed by atoms with E-state index in [2.05, 4.69) is 31.4 Å². The maximum atomic E-state index is 12.2. The summed E-state index contributed by atoms with van der Waals surface area (Å²) in [4.78, 5) is 12.1. The van der Waals surface area contributed by atoms with Crippen LogP contribution >= 0.6 is 15.9 Å². The van der Waals surface area contributed by atoms with Gasteiger partial charge in [-0.05, 0) is 21.8 Å². The molecule has 1 aliphatic rings. The van der Waals surface area contributed by atoms with Gasteiger partial charge in [0.15, 0.2) is 5.69 Å². The second-order valence-electron chi connectivity index (χ2n) is 5.54. The van der Waals surface area contributed by atoms with E-state index in [1.54, 1.807) is 0 Å². The number of aromatic nitrogens is 2. The van der Waals surface area contributed by atoms with E-state index in [0.29, 0.717) is 30.8 Å². The SMILES string of the molecule is CC(C)c1[nH]nc(C(=O)NCCS(=O)(=O)N2CCOCC2)c1Br. The normalized spacial score (nSPS) is 16.7. The molecule has 1 fully saturated rings. The lowest BCUT2D eigenvalue weighted by atomic mass is 10.1. The zero-order valence-electron chi connectivity index (χ0n) is 13.1. The first-order chi connectivity index (χ1) is 10.8. The summed E-state index contributed by atoms with van der Waals surface area (Å²) in [7, 11) is -3.38. The van der Waals surface area contributed by atoms with Crippen molar-refractivity contribution >= 4 is 31.9 Å². The highest BCUT2D eigenvalue weighted by molar-refractivity contribution is 9.10. The van der Waals surface area contributed by atoms with E-state index in [9.17, 15) is 13.2 Å². The van der Waals surface area contributed by atoms with Gasteiger partial charge >= 0.3 is 0 Å². The van der Waals surface area contributed by atoms with E-state index in [1.807, 2.05) is 13.8 Å². The summed E-state index contributed by atoms with van der Waals surface area (Å²) in [5.41, 5.74) is 1.06. The zero-order valence-corrected chi connectivity index (χ0v) is 15.5. The van der Waals surface area contributed by atoms with Crippen LogP contribution in [0, 0.1) is 0 Å². The van der Waals surface area contributed by atoms with E-state index >= 15 is 0 Å². The Kier molecular flexibility index (Phi) is 6.18. The van der Waals surface area contributed by atoms with Crippen LogP contribution in [0.15, 0.2) is 4.47 Å². The molecular formula is C13H21BrN4O4S. The molecule has 1 aromatic rings. The van der Waals surface area contributed by atoms with Gasteiger partial charge in [-0.1, -0.05) is 13.8 Å². The second kappa shape index (κ2) is 7.73. The first kappa shape index (κ1) is 18.4. The van der Waals surface area contributed by atoms with Gasteiger partial charge in [0.05, 0.1) is 29.1 Å². The Labute approximate surface area is 144 Å². The molecule has 23 heavy (non-hydrogen) atoms. The molecular weight excluding hydrogens is 388 g/mol. The number of hydrogen-bond acceptors (Lipinski definition) is 5. The fourth-order valence-corrected chi connectivity index (χ4v) is 4.34. The van der Waals surface area contributed by atoms with E-state index < -0.39 is 15.9 Å². The van der Waals surface area contributed by atoms with Gasteiger partial charge in [-0.25, -0.2) is 8.42 Å². The van der Waals surface area contributed by atoms with Gasteiger partial charge in [-0.3, -0.25) is 9.89 Å². The molecule has 0 atom stereocenters. The molecule has 1 amide bonds. The number of H-pyrrole nitrogens is 1. The quantitative estimate of drug-likeness (QED) is 0.720. The van der Waals surface area contributed by atoms with Crippen LogP contribution in [0.1, 0.15) is 35.9 Å². The third-order valence-electron chi connectivity index (χ3n) is 3.53. The fourth-order valence-electron chi connectivity index (χ4n) is 2.21. The summed E-state index contributed by atoms with van der Waals surface area (Å²) in [6.45, 7) is 5.53. The van der Waals surface area contributed by atoms with Crippen LogP contribution < -0.4 is 5.32 Å². The van der Waals surface area contributed by atoms with Crippen LogP contribution in [0.5, 0.6) is 0 Å². The van der Waals surface area contributed by atoms with Crippen molar-refractivity contribution in [3.05, 3.63) is 15.9 Å². The number of morpholine rings is 1. The molecule has 1 aromatic heterocycles. The predicted molar refractivity (Wildman–Crippen MR) is 88.9 cm³/mol. The van der Waals surface area contributed by atoms with Crippen molar-refractivity contribution in [1.29, 1.82) is 0 Å². The number of aromatic amines is 1. The minimum atomic E-state index is -3.38. The van der Waals surface area contributed by atoms with Crippen molar-refractivity contribution in [3.8, 4) is 0 Å². The first-order valence-corrected chi connectivity index (χ1v) is 9.80. The summed E-state index contributed by atoms with van der Waals surface area (Å²) in [5, 5.41) is 9.39. The Bertz CT molecular complexity index is 653. The average molecular weight is 409 g/mol. The molecule has 0 saturated carbocycles. The standard InChI is InChI=1S/C13H21BrN4O4S/c1-9(2)11-10(14)12(17-16-11)13(19)15-3-8-23(20,21)18-4-6-22-7-5-18/h9H,3-8H2,1-2H3,(H,15,19)(H,16,17). The molecule has 0 aliphatic carbocycles. The Morgan fingerprint density at radius 2 is 2.09 bits per heavy atom. The number of nitrogens with zero attached hydrogens (tertiary/aromatic N) is 2. The van der Waals surface area contributed by atoms with Gasteiger partial charge < -0.3 is 10.1 Å². The Morgan fingerprint density at radius 1 is 1.43 bits per heavy atom. The molecule has 0 radical (unpaired) electrons. The highest BCUT2D eigenvalue weighted by Gasteiger charge is 2.25. The minimum Gasteiger partial charge on any atom is -0.379 e. The molecule has 0 aromatic carbocycles. The number of carbonyl (C=O) groups is 1. The molecule has 1 saturated heterocycles. The lowest BCUT2D eigenvalue weighted by Gasteiger charge is -2.25. The van der Waals surface area contributed by atoms with Crippen molar-refractivity contribution < 1.29 is 17.9 Å². The number of carbonyl (C=O) groups excluding carboxylic acids is 1. The van der Waals surface area contributed by atoms with Crippen LogP contribution in [0.3, 0.4) is 0 Å². The number of amides is 1. The molecule has 10 heteroatoms. The predicted octanol–water partition coefficient (Wildman–Crippen LogP) is 0.687. The van der Waals surface area contributed by atoms with E-state index in [0.717, 1.165) is 5.69 Å². The average Bonchev–Trinajstić information content (AvgIpc) is 2.90. The van der Waals surface area contributed by atoms with Gasteiger partial charge in [-0.15, -0.1) is 0 Å². The number of hydrogen-bond donors (Lipinski definition) is 2. The number of rotatable bonds is 6. The smallest absolute Gasteiger partial charge is 0.272 e. The lowest BCUT2D eigenvalue weighted by molar-refractivity contribution is 0.0730. The minimum absolute atomic E-state index is 0.0365. The van der Waals surface area contributed by atoms with Crippen molar-refractivity contribution in [2.24, 2.45) is 0 Å². The molecule has 2 rings (SSSR count). The number of halogens is 1. The third kappa shape index (κ3) is 4.52. The molecule has 130 valence electrons. The molecule has 2 N–H and O–H groups in total. The molecule has 0 unspecified atom stereocenters. The summed E-state index contributed by atoms with van der Waals surface area (Å²) in [5.74, 6) is -0.352. The highest BCUT2D eigenvalue weighted by Crippen LogP contribution is 2.25. The summed E-state index contributed by atoms with van der Waals surface area (Å²) in [6.07, 6.45) is 0. The van der Waals surface area contributed by atoms with Crippen LogP contribution in [0.25, 0.3) is 0 Å². The van der Waals surface area contributed by atoms with E-state index in [-0.39, 0.29) is 23.9 Å². The largest absolute Gasteiger partial charge is 0.379 e. The van der Waals surface area contributed by atoms with Gasteiger partial charge in [0.25, 0.3) is 5.91 Å². The maximum Gasteiger partial charge on any atom is 0.272 e. The molecule has 8 nitrogen and oxygen atoms in total. The van der Waals surface area contributed by atoms with Crippen LogP contribution in [-0.4, -0.2) is 67.4 Å². The van der Waals surface area contributed by atoms with Crippen LogP contribution in [0.4, 0.5) is 0 Å². The number of sulfonamides is 1. The van der Waals surface area contributed by atoms with Gasteiger partial charge in [-0.2, -0.15) is 9.40 Å². The number of nitrogens with one attached hydrogen (secondary N) is 2. The van der Waals surface area contributed by atoms with Crippen LogP contribution in [0.2, 0.25) is 0 Å². The Hall–Kier alpha value is -0.970. The molecule has 1 aliphatic heterocycles. The Balaban J connectivity index is 1.89. The third-order valence-corrected chi connectivity index (χ3v) is 6.21. The Morgan fingerprint density at radius 3 is 2.65 bits per heavy atom. The highest BCUT2D eigenvalue weighted by atomic mass is 79.9. The molecule has 0 bridgehead atoms. The van der Waals surface area contributed by atoms with Gasteiger partial charge in [0.1, 0.15) is 0 Å². The zero-order chi connectivity index (χ0) is 17.0. The number of ether oxygens (including phenoxy) is 1. The van der Waals surface area contributed by atoms with E-state index in [4.69, 9.17) is 4.74 Å². The van der Waals surface area contributed by atoms with Crippen molar-refractivity contribution in [3.63, 3.8) is 0 Å². The fraction of sp³-hybridized carbons (Fsp3) is 0.692. The van der Waals surface area contributed by atoms with E-state index in [1.165, 1.54) is 4.31 Å². The molecule has 0 spiro atoms. The first-order valence-electron chi connectivity index (χ1n) is 7.40. The topological polar surface area (TPSA) is 104 Å². The van der Waals surface area contributed by atoms with Crippen molar-refractivity contribution in [2.75, 3.05) is 38.6 Å². The lowest BCUT2D eigenvalue weighted by Crippen LogP contribution is -2.43.